The molecule has 1 heterocycles. The monoisotopic (exact) mass is 251 g/mol. The predicted molar refractivity (Wildman–Crippen MR) is 76.8 cm³/mol. The highest BCUT2D eigenvalue weighted by molar-refractivity contribution is 5.58. The third kappa shape index (κ3) is 3.11. The molecule has 0 radical (unpaired) electrons. The molecular formula is C16H17N3. The van der Waals surface area contributed by atoms with Crippen molar-refractivity contribution in [3.8, 4) is 6.07 Å². The Morgan fingerprint density at radius 2 is 2.16 bits per heavy atom. The van der Waals surface area contributed by atoms with Gasteiger partial charge in [-0.05, 0) is 42.7 Å². The topological polar surface area (TPSA) is 48.7 Å². The molecule has 0 spiro atoms. The van der Waals surface area contributed by atoms with Crippen molar-refractivity contribution in [2.24, 2.45) is 0 Å². The van der Waals surface area contributed by atoms with E-state index in [1.54, 1.807) is 6.20 Å². The zero-order chi connectivity index (χ0) is 13.7. The molecule has 1 aromatic carbocycles. The van der Waals surface area contributed by atoms with Crippen molar-refractivity contribution in [2.75, 3.05) is 5.32 Å². The normalized spacial score (nSPS) is 9.95. The van der Waals surface area contributed by atoms with E-state index in [0.29, 0.717) is 12.1 Å². The fraction of sp³-hybridized carbons (Fsp3) is 0.250. The SMILES string of the molecule is CCc1cccnc1CNc1cc(C)ccc1C#N. The molecule has 1 aromatic heterocycles. The van der Waals surface area contributed by atoms with Gasteiger partial charge in [0.25, 0.3) is 0 Å². The van der Waals surface area contributed by atoms with Crippen LogP contribution in [0.2, 0.25) is 0 Å². The molecule has 1 N–H and O–H groups in total. The molecule has 19 heavy (non-hydrogen) atoms. The first-order valence-electron chi connectivity index (χ1n) is 6.42. The first-order chi connectivity index (χ1) is 9.24. The number of nitrogens with zero attached hydrogens (tertiary/aromatic N) is 2. The van der Waals surface area contributed by atoms with Crippen LogP contribution in [0, 0.1) is 18.3 Å². The summed E-state index contributed by atoms with van der Waals surface area (Å²) in [4.78, 5) is 4.40. The van der Waals surface area contributed by atoms with Gasteiger partial charge >= 0.3 is 0 Å². The lowest BCUT2D eigenvalue weighted by Gasteiger charge is -2.11. The molecule has 0 amide bonds. The summed E-state index contributed by atoms with van der Waals surface area (Å²) in [5, 5.41) is 12.4. The number of anilines is 1. The van der Waals surface area contributed by atoms with E-state index in [1.165, 1.54) is 5.56 Å². The molecule has 0 saturated carbocycles. The van der Waals surface area contributed by atoms with Gasteiger partial charge in [-0.25, -0.2) is 0 Å². The van der Waals surface area contributed by atoms with E-state index in [0.717, 1.165) is 23.4 Å². The van der Waals surface area contributed by atoms with Crippen LogP contribution in [0.4, 0.5) is 5.69 Å². The Bertz CT molecular complexity index is 612. The maximum absolute atomic E-state index is 9.10. The molecule has 2 rings (SSSR count). The summed E-state index contributed by atoms with van der Waals surface area (Å²) in [6, 6.07) is 12.0. The minimum absolute atomic E-state index is 0.641. The van der Waals surface area contributed by atoms with E-state index in [9.17, 15) is 0 Å². The standard InChI is InChI=1S/C16H17N3/c1-3-13-5-4-8-18-16(13)11-19-15-9-12(2)6-7-14(15)10-17/h4-9,19H,3,11H2,1-2H3. The summed E-state index contributed by atoms with van der Waals surface area (Å²) in [6.45, 7) is 4.78. The summed E-state index contributed by atoms with van der Waals surface area (Å²) >= 11 is 0. The van der Waals surface area contributed by atoms with E-state index in [-0.39, 0.29) is 0 Å². The van der Waals surface area contributed by atoms with Gasteiger partial charge in [-0.3, -0.25) is 4.98 Å². The minimum Gasteiger partial charge on any atom is -0.378 e. The van der Waals surface area contributed by atoms with Gasteiger partial charge in [0.2, 0.25) is 0 Å². The zero-order valence-electron chi connectivity index (χ0n) is 11.3. The largest absolute Gasteiger partial charge is 0.378 e. The van der Waals surface area contributed by atoms with E-state index >= 15 is 0 Å². The van der Waals surface area contributed by atoms with Gasteiger partial charge in [-0.1, -0.05) is 19.1 Å². The lowest BCUT2D eigenvalue weighted by atomic mass is 10.1. The van der Waals surface area contributed by atoms with Gasteiger partial charge in [0.15, 0.2) is 0 Å². The van der Waals surface area contributed by atoms with Crippen LogP contribution in [0.1, 0.15) is 29.3 Å². The van der Waals surface area contributed by atoms with Crippen molar-refractivity contribution in [1.29, 1.82) is 5.26 Å². The molecule has 0 atom stereocenters. The van der Waals surface area contributed by atoms with E-state index < -0.39 is 0 Å². The first-order valence-corrected chi connectivity index (χ1v) is 6.42. The fourth-order valence-electron chi connectivity index (χ4n) is 2.03. The van der Waals surface area contributed by atoms with E-state index in [2.05, 4.69) is 29.4 Å². The molecule has 0 unspecified atom stereocenters. The zero-order valence-corrected chi connectivity index (χ0v) is 11.3. The Morgan fingerprint density at radius 3 is 2.89 bits per heavy atom. The predicted octanol–water partition coefficient (Wildman–Crippen LogP) is 3.44. The van der Waals surface area contributed by atoms with Crippen molar-refractivity contribution in [1.82, 2.24) is 4.98 Å². The molecule has 0 bridgehead atoms. The summed E-state index contributed by atoms with van der Waals surface area (Å²) in [5.41, 5.74) is 4.95. The van der Waals surface area contributed by atoms with E-state index in [4.69, 9.17) is 5.26 Å². The first kappa shape index (κ1) is 13.1. The van der Waals surface area contributed by atoms with Crippen LogP contribution in [0.25, 0.3) is 0 Å². The van der Waals surface area contributed by atoms with Crippen molar-refractivity contribution in [3.05, 3.63) is 58.9 Å². The van der Waals surface area contributed by atoms with Gasteiger partial charge in [-0.15, -0.1) is 0 Å². The summed E-state index contributed by atoms with van der Waals surface area (Å²) in [7, 11) is 0. The molecular weight excluding hydrogens is 234 g/mol. The van der Waals surface area contributed by atoms with Crippen LogP contribution in [0.15, 0.2) is 36.5 Å². The Morgan fingerprint density at radius 1 is 1.32 bits per heavy atom. The number of aryl methyl sites for hydroxylation is 2. The highest BCUT2D eigenvalue weighted by Crippen LogP contribution is 2.18. The average molecular weight is 251 g/mol. The number of hydrogen-bond acceptors (Lipinski definition) is 3. The smallest absolute Gasteiger partial charge is 0.101 e. The van der Waals surface area contributed by atoms with Crippen LogP contribution >= 0.6 is 0 Å². The van der Waals surface area contributed by atoms with Crippen LogP contribution in [0.5, 0.6) is 0 Å². The maximum atomic E-state index is 9.10. The van der Waals surface area contributed by atoms with Crippen molar-refractivity contribution < 1.29 is 0 Å². The molecule has 3 nitrogen and oxygen atoms in total. The van der Waals surface area contributed by atoms with E-state index in [1.807, 2.05) is 31.2 Å². The van der Waals surface area contributed by atoms with Crippen molar-refractivity contribution in [2.45, 2.75) is 26.8 Å². The lowest BCUT2D eigenvalue weighted by Crippen LogP contribution is -2.06. The molecule has 96 valence electrons. The number of nitriles is 1. The number of pyridine rings is 1. The van der Waals surface area contributed by atoms with Crippen LogP contribution in [-0.2, 0) is 13.0 Å². The van der Waals surface area contributed by atoms with Crippen molar-refractivity contribution >= 4 is 5.69 Å². The minimum atomic E-state index is 0.641. The number of rotatable bonds is 4. The summed E-state index contributed by atoms with van der Waals surface area (Å²) in [5.74, 6) is 0. The van der Waals surface area contributed by atoms with Crippen molar-refractivity contribution in [3.63, 3.8) is 0 Å². The summed E-state index contributed by atoms with van der Waals surface area (Å²) in [6.07, 6.45) is 2.77. The second-order valence-electron chi connectivity index (χ2n) is 4.48. The van der Waals surface area contributed by atoms with Gasteiger partial charge < -0.3 is 5.32 Å². The van der Waals surface area contributed by atoms with Gasteiger partial charge in [-0.2, -0.15) is 5.26 Å². The molecule has 0 aliphatic carbocycles. The van der Waals surface area contributed by atoms with Gasteiger partial charge in [0.1, 0.15) is 6.07 Å². The Hall–Kier alpha value is -2.34. The maximum Gasteiger partial charge on any atom is 0.101 e. The Balaban J connectivity index is 2.19. The highest BCUT2D eigenvalue weighted by Gasteiger charge is 2.04. The highest BCUT2D eigenvalue weighted by atomic mass is 14.9. The molecule has 0 aliphatic rings. The Kier molecular flexibility index (Phi) is 4.15. The summed E-state index contributed by atoms with van der Waals surface area (Å²) < 4.78 is 0. The third-order valence-corrected chi connectivity index (χ3v) is 3.11. The number of nitrogens with one attached hydrogen (secondary N) is 1. The lowest BCUT2D eigenvalue weighted by molar-refractivity contribution is 0.971. The van der Waals surface area contributed by atoms with Gasteiger partial charge in [0, 0.05) is 6.20 Å². The number of benzene rings is 1. The fourth-order valence-corrected chi connectivity index (χ4v) is 2.03. The quantitative estimate of drug-likeness (QED) is 0.905. The number of aromatic nitrogens is 1. The average Bonchev–Trinajstić information content (AvgIpc) is 2.45. The molecule has 0 fully saturated rings. The van der Waals surface area contributed by atoms with Crippen LogP contribution in [-0.4, -0.2) is 4.98 Å². The Labute approximate surface area is 113 Å². The molecule has 0 aliphatic heterocycles. The van der Waals surface area contributed by atoms with Crippen LogP contribution < -0.4 is 5.32 Å². The number of hydrogen-bond donors (Lipinski definition) is 1. The molecule has 0 saturated heterocycles. The second-order valence-corrected chi connectivity index (χ2v) is 4.48. The molecule has 3 heteroatoms. The molecule has 2 aromatic rings. The van der Waals surface area contributed by atoms with Gasteiger partial charge in [0.05, 0.1) is 23.5 Å². The second kappa shape index (κ2) is 6.01. The van der Waals surface area contributed by atoms with Crippen LogP contribution in [0.3, 0.4) is 0 Å². The third-order valence-electron chi connectivity index (χ3n) is 3.11.